The Balaban J connectivity index is 1.68. The van der Waals surface area contributed by atoms with Gasteiger partial charge in [0, 0.05) is 25.1 Å². The fourth-order valence-electron chi connectivity index (χ4n) is 2.95. The van der Waals surface area contributed by atoms with Gasteiger partial charge in [0.1, 0.15) is 5.60 Å². The Morgan fingerprint density at radius 1 is 1.14 bits per heavy atom. The van der Waals surface area contributed by atoms with E-state index in [0.29, 0.717) is 44.3 Å². The van der Waals surface area contributed by atoms with E-state index >= 15 is 0 Å². The summed E-state index contributed by atoms with van der Waals surface area (Å²) in [7, 11) is 0. The number of carbonyl (C=O) groups is 4. The Morgan fingerprint density at radius 2 is 1.83 bits per heavy atom. The number of carbonyl (C=O) groups excluding carboxylic acids is 4. The minimum Gasteiger partial charge on any atom is -0.444 e. The molecule has 1 atom stereocenters. The van der Waals surface area contributed by atoms with E-state index in [1.165, 1.54) is 0 Å². The highest BCUT2D eigenvalue weighted by molar-refractivity contribution is 6.01. The van der Waals surface area contributed by atoms with Crippen molar-refractivity contribution in [3.63, 3.8) is 0 Å². The van der Waals surface area contributed by atoms with Gasteiger partial charge in [0.15, 0.2) is 0 Å². The number of anilines is 1. The number of imide groups is 1. The minimum atomic E-state index is -0.530. The number of alkyl carbamates (subject to hydrolysis) is 1. The molecule has 8 nitrogen and oxygen atoms in total. The lowest BCUT2D eigenvalue weighted by Crippen LogP contribution is -2.39. The second-order valence-corrected chi connectivity index (χ2v) is 8.06. The zero-order valence-electron chi connectivity index (χ0n) is 17.2. The molecular weight excluding hydrogens is 374 g/mol. The van der Waals surface area contributed by atoms with Crippen molar-refractivity contribution in [2.75, 3.05) is 11.9 Å². The molecule has 3 N–H and O–H groups in total. The van der Waals surface area contributed by atoms with Crippen LogP contribution in [-0.4, -0.2) is 36.0 Å². The molecule has 1 fully saturated rings. The summed E-state index contributed by atoms with van der Waals surface area (Å²) in [6.45, 7) is 5.85. The van der Waals surface area contributed by atoms with Gasteiger partial charge in [0.05, 0.1) is 5.92 Å². The molecule has 0 radical (unpaired) electrons. The minimum absolute atomic E-state index is 0.115. The van der Waals surface area contributed by atoms with Crippen LogP contribution >= 0.6 is 0 Å². The lowest BCUT2D eigenvalue weighted by Gasteiger charge is -2.21. The van der Waals surface area contributed by atoms with Gasteiger partial charge in [-0.3, -0.25) is 19.7 Å². The maximum Gasteiger partial charge on any atom is 0.407 e. The summed E-state index contributed by atoms with van der Waals surface area (Å²) in [6, 6.07) is 7.09. The van der Waals surface area contributed by atoms with Crippen LogP contribution in [0.25, 0.3) is 0 Å². The number of hydrogen-bond acceptors (Lipinski definition) is 5. The molecule has 4 amide bonds. The molecule has 1 heterocycles. The third-order valence-electron chi connectivity index (χ3n) is 4.33. The van der Waals surface area contributed by atoms with E-state index < -0.39 is 11.7 Å². The molecule has 29 heavy (non-hydrogen) atoms. The number of benzene rings is 1. The Kier molecular flexibility index (Phi) is 7.75. The maximum absolute atomic E-state index is 12.0. The molecule has 0 saturated carbocycles. The number of unbranched alkanes of at least 4 members (excludes halogenated alkanes) is 1. The molecule has 1 saturated heterocycles. The van der Waals surface area contributed by atoms with Crippen molar-refractivity contribution in [2.24, 2.45) is 0 Å². The second kappa shape index (κ2) is 10.0. The molecule has 0 bridgehead atoms. The van der Waals surface area contributed by atoms with Gasteiger partial charge < -0.3 is 15.4 Å². The highest BCUT2D eigenvalue weighted by atomic mass is 16.6. The third kappa shape index (κ3) is 7.93. The van der Waals surface area contributed by atoms with Crippen molar-refractivity contribution in [3.05, 3.63) is 29.8 Å². The van der Waals surface area contributed by atoms with Crippen LogP contribution in [0.4, 0.5) is 10.5 Å². The van der Waals surface area contributed by atoms with Crippen LogP contribution in [0, 0.1) is 0 Å². The first-order chi connectivity index (χ1) is 13.6. The summed E-state index contributed by atoms with van der Waals surface area (Å²) >= 11 is 0. The number of nitrogens with one attached hydrogen (secondary N) is 3. The molecule has 8 heteroatoms. The average Bonchev–Trinajstić information content (AvgIpc) is 2.61. The summed E-state index contributed by atoms with van der Waals surface area (Å²) in [5, 5.41) is 7.82. The Bertz CT molecular complexity index is 753. The SMILES string of the molecule is CC(C)(C)OC(=O)NCCCCC(=O)Nc1ccc(C2CCC(=O)NC2=O)cc1. The van der Waals surface area contributed by atoms with Crippen molar-refractivity contribution in [1.29, 1.82) is 0 Å². The lowest BCUT2D eigenvalue weighted by molar-refractivity contribution is -0.134. The van der Waals surface area contributed by atoms with Crippen molar-refractivity contribution >= 4 is 29.5 Å². The van der Waals surface area contributed by atoms with Gasteiger partial charge in [-0.1, -0.05) is 12.1 Å². The van der Waals surface area contributed by atoms with Crippen LogP contribution < -0.4 is 16.0 Å². The number of amides is 4. The largest absolute Gasteiger partial charge is 0.444 e. The summed E-state index contributed by atoms with van der Waals surface area (Å²) in [6.07, 6.45) is 2.01. The van der Waals surface area contributed by atoms with Crippen LogP contribution in [0.5, 0.6) is 0 Å². The molecule has 1 aromatic rings. The molecule has 158 valence electrons. The van der Waals surface area contributed by atoms with Gasteiger partial charge >= 0.3 is 6.09 Å². The topological polar surface area (TPSA) is 114 Å². The van der Waals surface area contributed by atoms with Crippen LogP contribution in [0.1, 0.15) is 64.4 Å². The number of piperidine rings is 1. The number of ether oxygens (including phenoxy) is 1. The second-order valence-electron chi connectivity index (χ2n) is 8.06. The predicted octanol–water partition coefficient (Wildman–Crippen LogP) is 2.84. The molecule has 1 aliphatic rings. The van der Waals surface area contributed by atoms with E-state index in [1.807, 2.05) is 0 Å². The van der Waals surface area contributed by atoms with Crippen LogP contribution in [0.2, 0.25) is 0 Å². The van der Waals surface area contributed by atoms with Crippen molar-refractivity contribution in [1.82, 2.24) is 10.6 Å². The number of hydrogen-bond donors (Lipinski definition) is 3. The first kappa shape index (κ1) is 22.4. The van der Waals surface area contributed by atoms with E-state index in [2.05, 4.69) is 16.0 Å². The fourth-order valence-corrected chi connectivity index (χ4v) is 2.95. The van der Waals surface area contributed by atoms with Gasteiger partial charge in [0.2, 0.25) is 17.7 Å². The van der Waals surface area contributed by atoms with Gasteiger partial charge in [0.25, 0.3) is 0 Å². The highest BCUT2D eigenvalue weighted by Crippen LogP contribution is 2.25. The molecule has 0 aromatic heterocycles. The summed E-state index contributed by atoms with van der Waals surface area (Å²) in [4.78, 5) is 46.7. The first-order valence-corrected chi connectivity index (χ1v) is 9.84. The van der Waals surface area contributed by atoms with Gasteiger partial charge in [-0.15, -0.1) is 0 Å². The molecule has 1 aliphatic heterocycles. The van der Waals surface area contributed by atoms with Crippen LogP contribution in [-0.2, 0) is 19.1 Å². The van der Waals surface area contributed by atoms with Crippen LogP contribution in [0.3, 0.4) is 0 Å². The molecule has 1 aromatic carbocycles. The molecule has 0 spiro atoms. The lowest BCUT2D eigenvalue weighted by atomic mass is 9.90. The highest BCUT2D eigenvalue weighted by Gasteiger charge is 2.27. The van der Waals surface area contributed by atoms with Crippen molar-refractivity contribution in [3.8, 4) is 0 Å². The van der Waals surface area contributed by atoms with E-state index in [4.69, 9.17) is 4.74 Å². The van der Waals surface area contributed by atoms with E-state index in [1.54, 1.807) is 45.0 Å². The Hall–Kier alpha value is -2.90. The summed E-state index contributed by atoms with van der Waals surface area (Å²) in [5.74, 6) is -0.972. The zero-order chi connectivity index (χ0) is 21.4. The smallest absolute Gasteiger partial charge is 0.407 e. The Labute approximate surface area is 170 Å². The van der Waals surface area contributed by atoms with E-state index in [-0.39, 0.29) is 23.6 Å². The standard InChI is InChI=1S/C21H29N3O5/c1-21(2,3)29-20(28)22-13-5-4-6-17(25)23-15-9-7-14(8-10-15)16-11-12-18(26)24-19(16)27/h7-10,16H,4-6,11-13H2,1-3H3,(H,22,28)(H,23,25)(H,24,26,27). The summed E-state index contributed by atoms with van der Waals surface area (Å²) in [5.41, 5.74) is 0.941. The normalized spacial score (nSPS) is 16.7. The first-order valence-electron chi connectivity index (χ1n) is 9.84. The Morgan fingerprint density at radius 3 is 2.45 bits per heavy atom. The summed E-state index contributed by atoms with van der Waals surface area (Å²) < 4.78 is 5.14. The van der Waals surface area contributed by atoms with Gasteiger partial charge in [-0.2, -0.15) is 0 Å². The quantitative estimate of drug-likeness (QED) is 0.478. The van der Waals surface area contributed by atoms with Crippen molar-refractivity contribution in [2.45, 2.75) is 64.4 Å². The molecule has 1 unspecified atom stereocenters. The van der Waals surface area contributed by atoms with E-state index in [0.717, 1.165) is 5.56 Å². The predicted molar refractivity (Wildman–Crippen MR) is 108 cm³/mol. The van der Waals surface area contributed by atoms with Gasteiger partial charge in [-0.05, 0) is 57.7 Å². The molecule has 0 aliphatic carbocycles. The molecular formula is C21H29N3O5. The van der Waals surface area contributed by atoms with Crippen molar-refractivity contribution < 1.29 is 23.9 Å². The zero-order valence-corrected chi connectivity index (χ0v) is 17.2. The van der Waals surface area contributed by atoms with Gasteiger partial charge in [-0.25, -0.2) is 4.79 Å². The number of rotatable bonds is 7. The molecule has 2 rings (SSSR count). The maximum atomic E-state index is 12.0. The van der Waals surface area contributed by atoms with E-state index in [9.17, 15) is 19.2 Å². The monoisotopic (exact) mass is 403 g/mol. The average molecular weight is 403 g/mol. The fraction of sp³-hybridized carbons (Fsp3) is 0.524. The third-order valence-corrected chi connectivity index (χ3v) is 4.33. The van der Waals surface area contributed by atoms with Crippen LogP contribution in [0.15, 0.2) is 24.3 Å².